The molecule has 0 saturated carbocycles. The first-order chi connectivity index (χ1) is 10.5. The molecule has 1 aromatic heterocycles. The quantitative estimate of drug-likeness (QED) is 0.568. The van der Waals surface area contributed by atoms with E-state index in [-0.39, 0.29) is 49.3 Å². The fraction of sp³-hybridized carbons (Fsp3) is 0.538. The Balaban J connectivity index is 3.26. The Morgan fingerprint density at radius 3 is 2.36 bits per heavy atom. The van der Waals surface area contributed by atoms with Crippen molar-refractivity contribution in [3.63, 3.8) is 0 Å². The van der Waals surface area contributed by atoms with Gasteiger partial charge in [0.15, 0.2) is 0 Å². The van der Waals surface area contributed by atoms with Gasteiger partial charge in [0.1, 0.15) is 6.33 Å². The molecule has 0 atom stereocenters. The first-order valence-corrected chi connectivity index (χ1v) is 6.76. The highest BCUT2D eigenvalue weighted by atomic mass is 16.6. The Hall–Kier alpha value is -2.94. The van der Waals surface area contributed by atoms with Crippen LogP contribution in [0.4, 0.5) is 17.3 Å². The Labute approximate surface area is 128 Å². The molecule has 22 heavy (non-hydrogen) atoms. The lowest BCUT2D eigenvalue weighted by atomic mass is 10.3. The van der Waals surface area contributed by atoms with Crippen molar-refractivity contribution in [1.82, 2.24) is 9.97 Å². The normalized spacial score (nSPS) is 9.86. The Kier molecular flexibility index (Phi) is 6.51. The van der Waals surface area contributed by atoms with E-state index in [1.807, 2.05) is 26.0 Å². The third kappa shape index (κ3) is 4.56. The molecule has 0 bridgehead atoms. The zero-order valence-electron chi connectivity index (χ0n) is 12.5. The van der Waals surface area contributed by atoms with Crippen LogP contribution in [0.1, 0.15) is 26.7 Å². The highest BCUT2D eigenvalue weighted by Gasteiger charge is 2.27. The molecule has 0 amide bonds. The molecule has 0 aliphatic carbocycles. The minimum atomic E-state index is -0.550. The van der Waals surface area contributed by atoms with Gasteiger partial charge in [-0.2, -0.15) is 10.5 Å². The van der Waals surface area contributed by atoms with E-state index < -0.39 is 4.92 Å². The fourth-order valence-electron chi connectivity index (χ4n) is 1.84. The average molecular weight is 303 g/mol. The van der Waals surface area contributed by atoms with Crippen LogP contribution in [0.5, 0.6) is 0 Å². The van der Waals surface area contributed by atoms with Crippen molar-refractivity contribution in [3.8, 4) is 12.1 Å². The number of hydrogen-bond donors (Lipinski definition) is 1. The van der Waals surface area contributed by atoms with Gasteiger partial charge in [0, 0.05) is 19.1 Å². The van der Waals surface area contributed by atoms with Gasteiger partial charge >= 0.3 is 5.69 Å². The molecule has 1 N–H and O–H groups in total. The maximum Gasteiger partial charge on any atom is 0.353 e. The van der Waals surface area contributed by atoms with Crippen molar-refractivity contribution in [2.75, 3.05) is 23.3 Å². The number of nitrogens with one attached hydrogen (secondary N) is 1. The van der Waals surface area contributed by atoms with Crippen LogP contribution in [-0.4, -0.2) is 34.0 Å². The predicted octanol–water partition coefficient (Wildman–Crippen LogP) is 1.84. The molecule has 0 radical (unpaired) electrons. The number of anilines is 2. The summed E-state index contributed by atoms with van der Waals surface area (Å²) in [6.45, 7) is 4.21. The van der Waals surface area contributed by atoms with Crippen LogP contribution in [0.2, 0.25) is 0 Å². The molecule has 0 spiro atoms. The van der Waals surface area contributed by atoms with E-state index in [1.165, 1.54) is 6.33 Å². The fourth-order valence-corrected chi connectivity index (χ4v) is 1.84. The third-order valence-corrected chi connectivity index (χ3v) is 2.70. The second-order valence-electron chi connectivity index (χ2n) is 4.75. The number of nitrogens with zero attached hydrogens (tertiary/aromatic N) is 6. The lowest BCUT2D eigenvalue weighted by Crippen LogP contribution is -2.28. The van der Waals surface area contributed by atoms with Crippen LogP contribution in [0.3, 0.4) is 0 Å². The summed E-state index contributed by atoms with van der Waals surface area (Å²) < 4.78 is 0. The maximum absolute atomic E-state index is 11.4. The van der Waals surface area contributed by atoms with Crippen molar-refractivity contribution in [1.29, 1.82) is 10.5 Å². The van der Waals surface area contributed by atoms with Gasteiger partial charge < -0.3 is 10.2 Å². The molecule has 0 unspecified atom stereocenters. The standard InChI is InChI=1S/C13H17N7O2/c1-10(2)18-12-11(20(21)22)13(17-9-16-12)19(7-3-5-14)8-4-6-15/h9-10H,3-4,7-8H2,1-2H3,(H,16,17,18). The van der Waals surface area contributed by atoms with E-state index >= 15 is 0 Å². The molecule has 9 nitrogen and oxygen atoms in total. The average Bonchev–Trinajstić information content (AvgIpc) is 2.46. The number of rotatable bonds is 8. The third-order valence-electron chi connectivity index (χ3n) is 2.70. The van der Waals surface area contributed by atoms with Gasteiger partial charge in [0.2, 0.25) is 11.6 Å². The Bertz CT molecular complexity index is 585. The molecule has 116 valence electrons. The summed E-state index contributed by atoms with van der Waals surface area (Å²) in [4.78, 5) is 20.3. The van der Waals surface area contributed by atoms with Crippen molar-refractivity contribution in [2.45, 2.75) is 32.7 Å². The summed E-state index contributed by atoms with van der Waals surface area (Å²) in [5.74, 6) is 0.248. The smallest absolute Gasteiger partial charge is 0.353 e. The molecule has 1 heterocycles. The van der Waals surface area contributed by atoms with Gasteiger partial charge in [-0.1, -0.05) is 0 Å². The number of nitriles is 2. The molecule has 9 heteroatoms. The maximum atomic E-state index is 11.4. The summed E-state index contributed by atoms with van der Waals surface area (Å²) in [6, 6.07) is 3.94. The Morgan fingerprint density at radius 2 is 1.91 bits per heavy atom. The first kappa shape index (κ1) is 17.1. The molecule has 1 aromatic rings. The molecule has 1 rings (SSSR count). The monoisotopic (exact) mass is 303 g/mol. The highest BCUT2D eigenvalue weighted by Crippen LogP contribution is 2.32. The lowest BCUT2D eigenvalue weighted by Gasteiger charge is -2.22. The summed E-state index contributed by atoms with van der Waals surface area (Å²) in [7, 11) is 0. The number of hydrogen-bond acceptors (Lipinski definition) is 8. The first-order valence-electron chi connectivity index (χ1n) is 6.76. The molecule has 0 fully saturated rings. The highest BCUT2D eigenvalue weighted by molar-refractivity contribution is 5.70. The molecule has 0 aliphatic heterocycles. The van der Waals surface area contributed by atoms with Crippen LogP contribution in [0.25, 0.3) is 0 Å². The summed E-state index contributed by atoms with van der Waals surface area (Å²) >= 11 is 0. The molecule has 0 saturated heterocycles. The van der Waals surface area contributed by atoms with Crippen LogP contribution in [-0.2, 0) is 0 Å². The summed E-state index contributed by atoms with van der Waals surface area (Å²) in [5, 5.41) is 31.8. The minimum Gasteiger partial charge on any atom is -0.362 e. The molecular formula is C13H17N7O2. The van der Waals surface area contributed by atoms with Crippen molar-refractivity contribution in [2.24, 2.45) is 0 Å². The second kappa shape index (κ2) is 8.37. The minimum absolute atomic E-state index is 0.0342. The van der Waals surface area contributed by atoms with Gasteiger partial charge in [-0.3, -0.25) is 10.1 Å². The molecular weight excluding hydrogens is 286 g/mol. The van der Waals surface area contributed by atoms with Crippen LogP contribution < -0.4 is 10.2 Å². The SMILES string of the molecule is CC(C)Nc1ncnc(N(CCC#N)CCC#N)c1[N+](=O)[O-]. The van der Waals surface area contributed by atoms with Crippen LogP contribution >= 0.6 is 0 Å². The predicted molar refractivity (Wildman–Crippen MR) is 80.1 cm³/mol. The lowest BCUT2D eigenvalue weighted by molar-refractivity contribution is -0.383. The second-order valence-corrected chi connectivity index (χ2v) is 4.75. The topological polar surface area (TPSA) is 132 Å². The van der Waals surface area contributed by atoms with Crippen LogP contribution in [0, 0.1) is 32.8 Å². The number of nitro groups is 1. The largest absolute Gasteiger partial charge is 0.362 e. The van der Waals surface area contributed by atoms with Crippen molar-refractivity contribution < 1.29 is 4.92 Å². The molecule has 0 aromatic carbocycles. The van der Waals surface area contributed by atoms with E-state index in [0.29, 0.717) is 0 Å². The molecule has 0 aliphatic rings. The van der Waals surface area contributed by atoms with Crippen LogP contribution in [0.15, 0.2) is 6.33 Å². The van der Waals surface area contributed by atoms with E-state index in [4.69, 9.17) is 10.5 Å². The zero-order valence-corrected chi connectivity index (χ0v) is 12.5. The zero-order chi connectivity index (χ0) is 16.5. The van der Waals surface area contributed by atoms with E-state index in [1.54, 1.807) is 4.90 Å². The van der Waals surface area contributed by atoms with Crippen molar-refractivity contribution in [3.05, 3.63) is 16.4 Å². The summed E-state index contributed by atoms with van der Waals surface area (Å²) in [6.07, 6.45) is 1.60. The van der Waals surface area contributed by atoms with Gasteiger partial charge in [0.25, 0.3) is 0 Å². The van der Waals surface area contributed by atoms with E-state index in [9.17, 15) is 10.1 Å². The van der Waals surface area contributed by atoms with Gasteiger partial charge in [-0.25, -0.2) is 9.97 Å². The Morgan fingerprint density at radius 1 is 1.32 bits per heavy atom. The van der Waals surface area contributed by atoms with Crippen molar-refractivity contribution >= 4 is 17.3 Å². The summed E-state index contributed by atoms with van der Waals surface area (Å²) in [5.41, 5.74) is -0.243. The van der Waals surface area contributed by atoms with Gasteiger partial charge in [-0.15, -0.1) is 0 Å². The van der Waals surface area contributed by atoms with E-state index in [0.717, 1.165) is 0 Å². The van der Waals surface area contributed by atoms with E-state index in [2.05, 4.69) is 15.3 Å². The number of aromatic nitrogens is 2. The van der Waals surface area contributed by atoms with Gasteiger partial charge in [0.05, 0.1) is 29.9 Å². The van der Waals surface area contributed by atoms with Gasteiger partial charge in [-0.05, 0) is 13.8 Å².